The number of piperazine rings is 1. The number of thiophene rings is 1. The molecular formula is C20H22N2O5S. The van der Waals surface area contributed by atoms with E-state index in [0.29, 0.717) is 42.4 Å². The van der Waals surface area contributed by atoms with Crippen molar-refractivity contribution in [3.63, 3.8) is 0 Å². The van der Waals surface area contributed by atoms with Crippen LogP contribution in [-0.2, 0) is 9.53 Å². The SMILES string of the molecule is COc1ccc(C)cc1C(=O)OCC(=O)N1CCN(C(=O)c2cccs2)CC1. The van der Waals surface area contributed by atoms with Gasteiger partial charge >= 0.3 is 5.97 Å². The zero-order chi connectivity index (χ0) is 20.1. The number of carbonyl (C=O) groups is 3. The molecule has 7 nitrogen and oxygen atoms in total. The van der Waals surface area contributed by atoms with Gasteiger partial charge < -0.3 is 19.3 Å². The van der Waals surface area contributed by atoms with Crippen molar-refractivity contribution in [1.82, 2.24) is 9.80 Å². The molecule has 28 heavy (non-hydrogen) atoms. The Balaban J connectivity index is 1.50. The molecule has 1 fully saturated rings. The number of carbonyl (C=O) groups excluding carboxylic acids is 3. The summed E-state index contributed by atoms with van der Waals surface area (Å²) in [5, 5.41) is 1.87. The lowest BCUT2D eigenvalue weighted by molar-refractivity contribution is -0.136. The van der Waals surface area contributed by atoms with Crippen molar-refractivity contribution < 1.29 is 23.9 Å². The summed E-state index contributed by atoms with van der Waals surface area (Å²) >= 11 is 1.41. The molecule has 1 aliphatic heterocycles. The Kier molecular flexibility index (Phi) is 6.30. The van der Waals surface area contributed by atoms with Crippen LogP contribution in [-0.4, -0.2) is 67.5 Å². The first-order valence-corrected chi connectivity index (χ1v) is 9.80. The van der Waals surface area contributed by atoms with Gasteiger partial charge in [-0.2, -0.15) is 0 Å². The van der Waals surface area contributed by atoms with E-state index in [2.05, 4.69) is 0 Å². The van der Waals surface area contributed by atoms with Crippen molar-refractivity contribution in [2.75, 3.05) is 39.9 Å². The van der Waals surface area contributed by atoms with Crippen molar-refractivity contribution in [2.45, 2.75) is 6.92 Å². The average molecular weight is 402 g/mol. The number of ether oxygens (including phenoxy) is 2. The minimum Gasteiger partial charge on any atom is -0.496 e. The van der Waals surface area contributed by atoms with Crippen LogP contribution in [0.2, 0.25) is 0 Å². The van der Waals surface area contributed by atoms with E-state index in [4.69, 9.17) is 9.47 Å². The van der Waals surface area contributed by atoms with Crippen molar-refractivity contribution in [1.29, 1.82) is 0 Å². The standard InChI is InChI=1S/C20H22N2O5S/c1-14-5-6-16(26-2)15(12-14)20(25)27-13-18(23)21-7-9-22(10-8-21)19(24)17-4-3-11-28-17/h3-6,11-12H,7-10,13H2,1-2H3. The molecule has 1 aliphatic rings. The van der Waals surface area contributed by atoms with Crippen LogP contribution in [0, 0.1) is 6.92 Å². The summed E-state index contributed by atoms with van der Waals surface area (Å²) in [5.74, 6) is -0.479. The molecule has 2 heterocycles. The normalized spacial score (nSPS) is 13.9. The highest BCUT2D eigenvalue weighted by atomic mass is 32.1. The predicted molar refractivity (Wildman–Crippen MR) is 105 cm³/mol. The number of hydrogen-bond acceptors (Lipinski definition) is 6. The molecule has 0 saturated carbocycles. The summed E-state index contributed by atoms with van der Waals surface area (Å²) in [6, 6.07) is 8.83. The van der Waals surface area contributed by atoms with Crippen LogP contribution in [0.15, 0.2) is 35.7 Å². The van der Waals surface area contributed by atoms with Crippen molar-refractivity contribution >= 4 is 29.1 Å². The molecular weight excluding hydrogens is 380 g/mol. The Morgan fingerprint density at radius 3 is 2.43 bits per heavy atom. The Labute approximate surface area is 167 Å². The van der Waals surface area contributed by atoms with Gasteiger partial charge in [0.25, 0.3) is 11.8 Å². The lowest BCUT2D eigenvalue weighted by atomic mass is 10.1. The molecule has 1 saturated heterocycles. The van der Waals surface area contributed by atoms with Gasteiger partial charge in [0.05, 0.1) is 12.0 Å². The van der Waals surface area contributed by atoms with Gasteiger partial charge in [-0.15, -0.1) is 11.3 Å². The van der Waals surface area contributed by atoms with E-state index in [9.17, 15) is 14.4 Å². The summed E-state index contributed by atoms with van der Waals surface area (Å²) in [6.45, 7) is 3.28. The van der Waals surface area contributed by atoms with Crippen molar-refractivity contribution in [3.05, 3.63) is 51.7 Å². The number of amides is 2. The fourth-order valence-electron chi connectivity index (χ4n) is 2.99. The smallest absolute Gasteiger partial charge is 0.342 e. The van der Waals surface area contributed by atoms with Gasteiger partial charge in [-0.05, 0) is 30.5 Å². The second kappa shape index (κ2) is 8.88. The molecule has 8 heteroatoms. The second-order valence-electron chi connectivity index (χ2n) is 6.43. The number of rotatable bonds is 5. The summed E-state index contributed by atoms with van der Waals surface area (Å²) in [7, 11) is 1.48. The van der Waals surface area contributed by atoms with E-state index < -0.39 is 5.97 Å². The fraction of sp³-hybridized carbons (Fsp3) is 0.350. The molecule has 0 aliphatic carbocycles. The van der Waals surface area contributed by atoms with Crippen LogP contribution in [0.5, 0.6) is 5.75 Å². The fourth-order valence-corrected chi connectivity index (χ4v) is 3.68. The van der Waals surface area contributed by atoms with Crippen LogP contribution in [0.4, 0.5) is 0 Å². The number of methoxy groups -OCH3 is 1. The minimum atomic E-state index is -0.597. The van der Waals surface area contributed by atoms with E-state index in [1.54, 1.807) is 28.0 Å². The summed E-state index contributed by atoms with van der Waals surface area (Å²) < 4.78 is 10.4. The van der Waals surface area contributed by atoms with Gasteiger partial charge in [-0.25, -0.2) is 4.79 Å². The van der Waals surface area contributed by atoms with Gasteiger partial charge in [-0.1, -0.05) is 17.7 Å². The second-order valence-corrected chi connectivity index (χ2v) is 7.38. The molecule has 0 radical (unpaired) electrons. The van der Waals surface area contributed by atoms with Crippen LogP contribution in [0.3, 0.4) is 0 Å². The maximum Gasteiger partial charge on any atom is 0.342 e. The molecule has 3 rings (SSSR count). The molecule has 0 unspecified atom stereocenters. The van der Waals surface area contributed by atoms with Crippen LogP contribution < -0.4 is 4.74 Å². The van der Waals surface area contributed by atoms with Gasteiger partial charge in [-0.3, -0.25) is 9.59 Å². The minimum absolute atomic E-state index is 0.0138. The monoisotopic (exact) mass is 402 g/mol. The zero-order valence-electron chi connectivity index (χ0n) is 15.8. The molecule has 2 aromatic rings. The maximum absolute atomic E-state index is 12.4. The number of hydrogen-bond donors (Lipinski definition) is 0. The highest BCUT2D eigenvalue weighted by Crippen LogP contribution is 2.20. The first-order chi connectivity index (χ1) is 13.5. The van der Waals surface area contributed by atoms with Gasteiger partial charge in [0, 0.05) is 26.2 Å². The highest BCUT2D eigenvalue weighted by Gasteiger charge is 2.26. The first kappa shape index (κ1) is 19.9. The van der Waals surface area contributed by atoms with E-state index in [0.717, 1.165) is 5.56 Å². The number of benzene rings is 1. The first-order valence-electron chi connectivity index (χ1n) is 8.92. The third-order valence-corrected chi connectivity index (χ3v) is 5.41. The molecule has 0 bridgehead atoms. The Morgan fingerprint density at radius 1 is 1.07 bits per heavy atom. The van der Waals surface area contributed by atoms with Crippen molar-refractivity contribution in [2.24, 2.45) is 0 Å². The maximum atomic E-state index is 12.4. The summed E-state index contributed by atoms with van der Waals surface area (Å²) in [5.41, 5.74) is 1.19. The molecule has 2 amide bonds. The predicted octanol–water partition coefficient (Wildman–Crippen LogP) is 2.21. The molecule has 148 valence electrons. The third-order valence-electron chi connectivity index (χ3n) is 4.55. The highest BCUT2D eigenvalue weighted by molar-refractivity contribution is 7.12. The molecule has 0 spiro atoms. The lowest BCUT2D eigenvalue weighted by Crippen LogP contribution is -2.51. The van der Waals surface area contributed by atoms with E-state index in [1.165, 1.54) is 18.4 Å². The summed E-state index contributed by atoms with van der Waals surface area (Å²) in [6.07, 6.45) is 0. The van der Waals surface area contributed by atoms with Gasteiger partial charge in [0.15, 0.2) is 6.61 Å². The van der Waals surface area contributed by atoms with Crippen LogP contribution in [0.25, 0.3) is 0 Å². The molecule has 0 N–H and O–H groups in total. The van der Waals surface area contributed by atoms with Gasteiger partial charge in [0.2, 0.25) is 0 Å². The molecule has 0 atom stereocenters. The number of aryl methyl sites for hydroxylation is 1. The van der Waals surface area contributed by atoms with Crippen LogP contribution in [0.1, 0.15) is 25.6 Å². The van der Waals surface area contributed by atoms with Crippen molar-refractivity contribution in [3.8, 4) is 5.75 Å². The van der Waals surface area contributed by atoms with E-state index in [-0.39, 0.29) is 18.4 Å². The number of nitrogens with zero attached hydrogens (tertiary/aromatic N) is 2. The topological polar surface area (TPSA) is 76.2 Å². The molecule has 1 aromatic heterocycles. The van der Waals surface area contributed by atoms with E-state index in [1.807, 2.05) is 24.4 Å². The summed E-state index contributed by atoms with van der Waals surface area (Å²) in [4.78, 5) is 41.1. The Bertz CT molecular complexity index is 857. The Morgan fingerprint density at radius 2 is 1.79 bits per heavy atom. The lowest BCUT2D eigenvalue weighted by Gasteiger charge is -2.34. The number of esters is 1. The van der Waals surface area contributed by atoms with Gasteiger partial charge in [0.1, 0.15) is 11.3 Å². The van der Waals surface area contributed by atoms with Crippen LogP contribution >= 0.6 is 11.3 Å². The average Bonchev–Trinajstić information content (AvgIpc) is 3.26. The third kappa shape index (κ3) is 4.51. The largest absolute Gasteiger partial charge is 0.496 e. The quantitative estimate of drug-likeness (QED) is 0.717. The molecule has 1 aromatic carbocycles. The van der Waals surface area contributed by atoms with E-state index >= 15 is 0 Å². The Hall–Kier alpha value is -2.87. The zero-order valence-corrected chi connectivity index (χ0v) is 16.7.